The molecule has 0 spiro atoms. The van der Waals surface area contributed by atoms with E-state index < -0.39 is 23.2 Å². The van der Waals surface area contributed by atoms with Gasteiger partial charge >= 0.3 is 5.97 Å². The van der Waals surface area contributed by atoms with Gasteiger partial charge in [0.25, 0.3) is 0 Å². The molecule has 1 N–H and O–H groups in total. The molecule has 0 aromatic rings. The fraction of sp³-hybridized carbons (Fsp3) is 0.889. The quantitative estimate of drug-likeness (QED) is 0.604. The molecule has 0 bridgehead atoms. The minimum atomic E-state index is -1.08. The van der Waals surface area contributed by atoms with Crippen LogP contribution in [0.2, 0.25) is 0 Å². The standard InChI is InChI=1S/C9H15NO5/c1-8-5-9(2,7(12)13-3)15-10(8)14-4-6(8)11/h6,11H,4-5H2,1-3H3. The number of fused-ring (bicyclic) bond motifs is 1. The van der Waals surface area contributed by atoms with Crippen LogP contribution < -0.4 is 0 Å². The maximum Gasteiger partial charge on any atom is 0.340 e. The Kier molecular flexibility index (Phi) is 2.27. The van der Waals surface area contributed by atoms with Crippen LogP contribution in [0.4, 0.5) is 0 Å². The van der Waals surface area contributed by atoms with Crippen molar-refractivity contribution in [3.05, 3.63) is 0 Å². The van der Waals surface area contributed by atoms with Crippen LogP contribution in [0.3, 0.4) is 0 Å². The van der Waals surface area contributed by atoms with Gasteiger partial charge in [-0.1, -0.05) is 5.23 Å². The SMILES string of the molecule is COC(=O)C1(C)CC2(C)C(O)CON2O1. The maximum absolute atomic E-state index is 11.5. The van der Waals surface area contributed by atoms with Crippen molar-refractivity contribution in [3.63, 3.8) is 0 Å². The van der Waals surface area contributed by atoms with Crippen molar-refractivity contribution in [2.45, 2.75) is 37.5 Å². The first-order valence-electron chi connectivity index (χ1n) is 4.81. The molecule has 0 saturated carbocycles. The second kappa shape index (κ2) is 3.15. The summed E-state index contributed by atoms with van der Waals surface area (Å²) in [6, 6.07) is 0. The van der Waals surface area contributed by atoms with Gasteiger partial charge in [-0.05, 0) is 13.8 Å². The molecule has 2 saturated heterocycles. The third-order valence-electron chi connectivity index (χ3n) is 3.08. The fourth-order valence-corrected chi connectivity index (χ4v) is 2.12. The zero-order chi connectivity index (χ0) is 11.3. The molecule has 0 aliphatic carbocycles. The van der Waals surface area contributed by atoms with E-state index in [2.05, 4.69) is 4.74 Å². The van der Waals surface area contributed by atoms with Gasteiger partial charge in [0.2, 0.25) is 0 Å². The Bertz CT molecular complexity index is 296. The van der Waals surface area contributed by atoms with Crippen LogP contribution >= 0.6 is 0 Å². The van der Waals surface area contributed by atoms with E-state index in [0.717, 1.165) is 0 Å². The number of carbonyl (C=O) groups is 1. The summed E-state index contributed by atoms with van der Waals surface area (Å²) >= 11 is 0. The van der Waals surface area contributed by atoms with Crippen LogP contribution in [0.1, 0.15) is 20.3 Å². The van der Waals surface area contributed by atoms with Gasteiger partial charge in [-0.2, -0.15) is 0 Å². The normalized spacial score (nSPS) is 45.5. The van der Waals surface area contributed by atoms with Gasteiger partial charge in [-0.3, -0.25) is 9.68 Å². The minimum absolute atomic E-state index is 0.188. The Labute approximate surface area is 87.6 Å². The summed E-state index contributed by atoms with van der Waals surface area (Å²) in [5.74, 6) is -0.464. The number of rotatable bonds is 1. The van der Waals surface area contributed by atoms with Gasteiger partial charge in [0.15, 0.2) is 5.60 Å². The second-order valence-electron chi connectivity index (χ2n) is 4.42. The first-order chi connectivity index (χ1) is 6.92. The third kappa shape index (κ3) is 1.37. The van der Waals surface area contributed by atoms with Crippen molar-refractivity contribution in [1.29, 1.82) is 0 Å². The molecular weight excluding hydrogens is 202 g/mol. The van der Waals surface area contributed by atoms with Crippen molar-refractivity contribution < 1.29 is 24.3 Å². The lowest BCUT2D eigenvalue weighted by Gasteiger charge is -2.23. The Morgan fingerprint density at radius 1 is 1.60 bits per heavy atom. The number of aliphatic hydroxyl groups is 1. The molecule has 2 rings (SSSR count). The molecule has 86 valence electrons. The number of nitrogens with zero attached hydrogens (tertiary/aromatic N) is 1. The molecule has 0 aromatic carbocycles. The number of hydrogen-bond donors (Lipinski definition) is 1. The highest BCUT2D eigenvalue weighted by Gasteiger charge is 2.62. The van der Waals surface area contributed by atoms with Crippen molar-refractivity contribution in [1.82, 2.24) is 5.23 Å². The summed E-state index contributed by atoms with van der Waals surface area (Å²) in [6.07, 6.45) is -0.322. The topological polar surface area (TPSA) is 68.2 Å². The number of hydroxylamine groups is 2. The predicted octanol–water partition coefficient (Wildman–Crippen LogP) is -0.380. The molecule has 3 unspecified atom stereocenters. The van der Waals surface area contributed by atoms with Gasteiger partial charge in [-0.25, -0.2) is 4.79 Å². The van der Waals surface area contributed by atoms with E-state index in [4.69, 9.17) is 9.68 Å². The maximum atomic E-state index is 11.5. The summed E-state index contributed by atoms with van der Waals surface area (Å²) in [5, 5.41) is 11.0. The number of methoxy groups -OCH3 is 1. The van der Waals surface area contributed by atoms with Gasteiger partial charge < -0.3 is 9.84 Å². The number of hydrogen-bond acceptors (Lipinski definition) is 6. The lowest BCUT2D eigenvalue weighted by molar-refractivity contribution is -0.368. The predicted molar refractivity (Wildman–Crippen MR) is 48.3 cm³/mol. The van der Waals surface area contributed by atoms with Crippen LogP contribution in [0.15, 0.2) is 0 Å². The first kappa shape index (κ1) is 10.8. The zero-order valence-corrected chi connectivity index (χ0v) is 9.02. The summed E-state index contributed by atoms with van der Waals surface area (Å²) in [6.45, 7) is 3.60. The zero-order valence-electron chi connectivity index (χ0n) is 9.02. The van der Waals surface area contributed by atoms with Crippen LogP contribution in [0.25, 0.3) is 0 Å². The lowest BCUT2D eigenvalue weighted by atomic mass is 9.85. The molecule has 6 heteroatoms. The molecule has 2 heterocycles. The van der Waals surface area contributed by atoms with Crippen LogP contribution in [-0.2, 0) is 19.2 Å². The summed E-state index contributed by atoms with van der Waals surface area (Å²) in [4.78, 5) is 22.0. The average Bonchev–Trinajstić information content (AvgIpc) is 2.60. The van der Waals surface area contributed by atoms with E-state index in [0.29, 0.717) is 6.42 Å². The molecule has 6 nitrogen and oxygen atoms in total. The second-order valence-corrected chi connectivity index (χ2v) is 4.42. The molecule has 3 atom stereocenters. The van der Waals surface area contributed by atoms with Crippen LogP contribution in [-0.4, -0.2) is 47.3 Å². The van der Waals surface area contributed by atoms with E-state index in [1.54, 1.807) is 13.8 Å². The van der Waals surface area contributed by atoms with Crippen molar-refractivity contribution in [3.8, 4) is 0 Å². The van der Waals surface area contributed by atoms with Crippen LogP contribution in [0, 0.1) is 0 Å². The summed E-state index contributed by atoms with van der Waals surface area (Å²) in [5.41, 5.74) is -1.76. The highest BCUT2D eigenvalue weighted by molar-refractivity contribution is 5.79. The molecule has 0 radical (unpaired) electrons. The Morgan fingerprint density at radius 3 is 2.80 bits per heavy atom. The fourth-order valence-electron chi connectivity index (χ4n) is 2.12. The summed E-state index contributed by atoms with van der Waals surface area (Å²) < 4.78 is 4.65. The molecule has 2 aliphatic rings. The van der Waals surface area contributed by atoms with Gasteiger partial charge in [0, 0.05) is 6.42 Å². The Hall–Kier alpha value is -0.690. The highest BCUT2D eigenvalue weighted by Crippen LogP contribution is 2.44. The molecule has 15 heavy (non-hydrogen) atoms. The molecule has 0 amide bonds. The smallest absolute Gasteiger partial charge is 0.340 e. The number of carbonyl (C=O) groups excluding carboxylic acids is 1. The van der Waals surface area contributed by atoms with Crippen molar-refractivity contribution in [2.75, 3.05) is 13.7 Å². The third-order valence-corrected chi connectivity index (χ3v) is 3.08. The minimum Gasteiger partial charge on any atom is -0.467 e. The van der Waals surface area contributed by atoms with Gasteiger partial charge in [0.05, 0.1) is 13.7 Å². The highest BCUT2D eigenvalue weighted by atomic mass is 17.0. The number of aliphatic hydroxyl groups excluding tert-OH is 1. The van der Waals surface area contributed by atoms with Crippen molar-refractivity contribution >= 4 is 5.97 Å². The van der Waals surface area contributed by atoms with Gasteiger partial charge in [-0.15, -0.1) is 0 Å². The molecule has 2 fully saturated rings. The molecule has 0 aromatic heterocycles. The Balaban J connectivity index is 2.22. The largest absolute Gasteiger partial charge is 0.467 e. The van der Waals surface area contributed by atoms with E-state index >= 15 is 0 Å². The lowest BCUT2D eigenvalue weighted by Crippen LogP contribution is -2.43. The van der Waals surface area contributed by atoms with E-state index in [1.807, 2.05) is 0 Å². The average molecular weight is 217 g/mol. The van der Waals surface area contributed by atoms with E-state index in [-0.39, 0.29) is 6.61 Å². The first-order valence-corrected chi connectivity index (χ1v) is 4.81. The summed E-state index contributed by atoms with van der Waals surface area (Å²) in [7, 11) is 1.31. The number of esters is 1. The van der Waals surface area contributed by atoms with E-state index in [1.165, 1.54) is 12.3 Å². The van der Waals surface area contributed by atoms with Gasteiger partial charge in [0.1, 0.15) is 11.6 Å². The molecule has 2 aliphatic heterocycles. The monoisotopic (exact) mass is 217 g/mol. The molecular formula is C9H15NO5. The van der Waals surface area contributed by atoms with Crippen LogP contribution in [0.5, 0.6) is 0 Å². The van der Waals surface area contributed by atoms with E-state index in [9.17, 15) is 9.90 Å². The Morgan fingerprint density at radius 2 is 2.27 bits per heavy atom. The van der Waals surface area contributed by atoms with Crippen molar-refractivity contribution in [2.24, 2.45) is 0 Å². The number of ether oxygens (including phenoxy) is 1.